The Morgan fingerprint density at radius 1 is 1.12 bits per heavy atom. The van der Waals surface area contributed by atoms with E-state index in [1.54, 1.807) is 0 Å². The maximum absolute atomic E-state index is 12.7. The monoisotopic (exact) mass is 438 g/mol. The molecule has 0 unspecified atom stereocenters. The van der Waals surface area contributed by atoms with Gasteiger partial charge in [0.1, 0.15) is 12.6 Å². The standard InChI is InChI=1S/C24H26N2O6/c1-14(23(28)29)26(2)22(27)21-20(11-12-31-21)25-24(30)32-13-19-17-9-5-3-7-15(17)16-8-4-6-10-18(16)19/h3-10,14,19-21H,11-13H2,1-2H3,(H,25,30)(H,28,29)/t14-,20-,21+/m0/s1. The first-order valence-electron chi connectivity index (χ1n) is 10.6. The summed E-state index contributed by atoms with van der Waals surface area (Å²) < 4.78 is 11.0. The van der Waals surface area contributed by atoms with E-state index in [1.165, 1.54) is 14.0 Å². The lowest BCUT2D eigenvalue weighted by Gasteiger charge is -2.27. The molecule has 0 bridgehead atoms. The number of likely N-dealkylation sites (N-methyl/N-ethyl adjacent to an activating group) is 1. The van der Waals surface area contributed by atoms with Crippen molar-refractivity contribution in [3.8, 4) is 11.1 Å². The smallest absolute Gasteiger partial charge is 0.407 e. The number of carbonyl (C=O) groups is 3. The van der Waals surface area contributed by atoms with Crippen molar-refractivity contribution in [3.63, 3.8) is 0 Å². The van der Waals surface area contributed by atoms with Crippen molar-refractivity contribution < 1.29 is 29.0 Å². The van der Waals surface area contributed by atoms with Gasteiger partial charge in [-0.3, -0.25) is 4.79 Å². The van der Waals surface area contributed by atoms with Crippen LogP contribution in [0.15, 0.2) is 48.5 Å². The van der Waals surface area contributed by atoms with Crippen molar-refractivity contribution in [2.24, 2.45) is 0 Å². The largest absolute Gasteiger partial charge is 0.480 e. The van der Waals surface area contributed by atoms with Crippen molar-refractivity contribution >= 4 is 18.0 Å². The molecule has 2 aromatic rings. The van der Waals surface area contributed by atoms with E-state index in [0.717, 1.165) is 27.2 Å². The Morgan fingerprint density at radius 2 is 1.72 bits per heavy atom. The third kappa shape index (κ3) is 4.05. The van der Waals surface area contributed by atoms with Gasteiger partial charge in [0.25, 0.3) is 5.91 Å². The predicted molar refractivity (Wildman–Crippen MR) is 116 cm³/mol. The molecule has 2 aliphatic rings. The molecule has 0 spiro atoms. The topological polar surface area (TPSA) is 105 Å². The zero-order chi connectivity index (χ0) is 22.8. The molecule has 0 aromatic heterocycles. The summed E-state index contributed by atoms with van der Waals surface area (Å²) >= 11 is 0. The highest BCUT2D eigenvalue weighted by molar-refractivity contribution is 5.87. The van der Waals surface area contributed by atoms with Crippen molar-refractivity contribution in [1.82, 2.24) is 10.2 Å². The zero-order valence-electron chi connectivity index (χ0n) is 18.0. The van der Waals surface area contributed by atoms with Crippen LogP contribution in [0.1, 0.15) is 30.4 Å². The number of aliphatic carboxylic acids is 1. The molecule has 0 saturated carbocycles. The van der Waals surface area contributed by atoms with Crippen LogP contribution in [0.2, 0.25) is 0 Å². The second-order valence-electron chi connectivity index (χ2n) is 8.12. The molecule has 3 atom stereocenters. The minimum atomic E-state index is -1.11. The third-order valence-electron chi connectivity index (χ3n) is 6.27. The van der Waals surface area contributed by atoms with Gasteiger partial charge in [-0.2, -0.15) is 0 Å². The molecule has 4 rings (SSSR count). The summed E-state index contributed by atoms with van der Waals surface area (Å²) in [7, 11) is 1.41. The molecule has 1 heterocycles. The first-order chi connectivity index (χ1) is 15.4. The zero-order valence-corrected chi connectivity index (χ0v) is 18.0. The number of hydrogen-bond acceptors (Lipinski definition) is 5. The number of alkyl carbamates (subject to hydrolysis) is 1. The number of hydrogen-bond donors (Lipinski definition) is 2. The molecular weight excluding hydrogens is 412 g/mol. The summed E-state index contributed by atoms with van der Waals surface area (Å²) in [6, 6.07) is 14.6. The number of rotatable bonds is 6. The van der Waals surface area contributed by atoms with Crippen LogP contribution in [0.4, 0.5) is 4.79 Å². The first kappa shape index (κ1) is 21.8. The Labute approximate surface area is 186 Å². The minimum Gasteiger partial charge on any atom is -0.480 e. The summed E-state index contributed by atoms with van der Waals surface area (Å²) in [4.78, 5) is 37.5. The Bertz CT molecular complexity index is 993. The number of carboxylic acid groups (broad SMARTS) is 1. The molecule has 8 heteroatoms. The van der Waals surface area contributed by atoms with Crippen LogP contribution < -0.4 is 5.32 Å². The van der Waals surface area contributed by atoms with Gasteiger partial charge in [-0.05, 0) is 35.6 Å². The lowest BCUT2D eigenvalue weighted by Crippen LogP contribution is -2.52. The minimum absolute atomic E-state index is 0.0621. The number of carbonyl (C=O) groups excluding carboxylic acids is 2. The van der Waals surface area contributed by atoms with Gasteiger partial charge in [0, 0.05) is 19.6 Å². The second kappa shape index (κ2) is 9.00. The van der Waals surface area contributed by atoms with E-state index >= 15 is 0 Å². The average Bonchev–Trinajstić information content (AvgIpc) is 3.38. The molecule has 1 aliphatic heterocycles. The number of fused-ring (bicyclic) bond motifs is 3. The van der Waals surface area contributed by atoms with Gasteiger partial charge < -0.3 is 24.8 Å². The van der Waals surface area contributed by atoms with Crippen LogP contribution in [0.3, 0.4) is 0 Å². The molecule has 1 fully saturated rings. The van der Waals surface area contributed by atoms with E-state index in [2.05, 4.69) is 17.4 Å². The SMILES string of the molecule is C[C@@H](C(=O)O)N(C)C(=O)[C@@H]1OCC[C@@H]1NC(=O)OCC1c2ccccc2-c2ccccc21. The molecule has 1 aliphatic carbocycles. The quantitative estimate of drug-likeness (QED) is 0.718. The van der Waals surface area contributed by atoms with Gasteiger partial charge in [0.2, 0.25) is 0 Å². The molecule has 2 aromatic carbocycles. The lowest BCUT2D eigenvalue weighted by atomic mass is 9.98. The summed E-state index contributed by atoms with van der Waals surface area (Å²) in [6.07, 6.45) is -1.13. The summed E-state index contributed by atoms with van der Waals surface area (Å²) in [5.74, 6) is -1.66. The molecule has 168 valence electrons. The fourth-order valence-electron chi connectivity index (χ4n) is 4.33. The predicted octanol–water partition coefficient (Wildman–Crippen LogP) is 2.61. The highest BCUT2D eigenvalue weighted by Gasteiger charge is 2.39. The number of amides is 2. The van der Waals surface area contributed by atoms with Gasteiger partial charge in [0.05, 0.1) is 6.04 Å². The first-order valence-corrected chi connectivity index (χ1v) is 10.6. The third-order valence-corrected chi connectivity index (χ3v) is 6.27. The van der Waals surface area contributed by atoms with Crippen molar-refractivity contribution in [2.75, 3.05) is 20.3 Å². The van der Waals surface area contributed by atoms with Crippen molar-refractivity contribution in [2.45, 2.75) is 37.5 Å². The number of nitrogens with zero attached hydrogens (tertiary/aromatic N) is 1. The van der Waals surface area contributed by atoms with E-state index < -0.39 is 36.2 Å². The Hall–Kier alpha value is -3.39. The van der Waals surface area contributed by atoms with E-state index in [-0.39, 0.29) is 12.5 Å². The van der Waals surface area contributed by atoms with Crippen LogP contribution in [0, 0.1) is 0 Å². The van der Waals surface area contributed by atoms with Crippen molar-refractivity contribution in [1.29, 1.82) is 0 Å². The van der Waals surface area contributed by atoms with Crippen LogP contribution in [0.25, 0.3) is 11.1 Å². The summed E-state index contributed by atoms with van der Waals surface area (Å²) in [5, 5.41) is 11.9. The molecule has 2 amide bonds. The molecule has 1 saturated heterocycles. The van der Waals surface area contributed by atoms with Crippen LogP contribution in [-0.2, 0) is 19.1 Å². The van der Waals surface area contributed by atoms with E-state index in [9.17, 15) is 14.4 Å². The molecule has 32 heavy (non-hydrogen) atoms. The second-order valence-corrected chi connectivity index (χ2v) is 8.12. The van der Waals surface area contributed by atoms with Gasteiger partial charge >= 0.3 is 12.1 Å². The maximum atomic E-state index is 12.7. The Morgan fingerprint density at radius 3 is 2.31 bits per heavy atom. The highest BCUT2D eigenvalue weighted by atomic mass is 16.6. The normalized spacial score (nSPS) is 20.2. The number of carboxylic acids is 1. The van der Waals surface area contributed by atoms with E-state index in [4.69, 9.17) is 14.6 Å². The number of benzene rings is 2. The molecule has 0 radical (unpaired) electrons. The summed E-state index contributed by atoms with van der Waals surface area (Å²) in [6.45, 7) is 1.88. The number of ether oxygens (including phenoxy) is 2. The van der Waals surface area contributed by atoms with Gasteiger partial charge in [-0.15, -0.1) is 0 Å². The van der Waals surface area contributed by atoms with Gasteiger partial charge in [0.15, 0.2) is 6.10 Å². The fourth-order valence-corrected chi connectivity index (χ4v) is 4.33. The van der Waals surface area contributed by atoms with Crippen LogP contribution >= 0.6 is 0 Å². The number of nitrogens with one attached hydrogen (secondary N) is 1. The van der Waals surface area contributed by atoms with E-state index in [1.807, 2.05) is 36.4 Å². The Kier molecular flexibility index (Phi) is 6.14. The lowest BCUT2D eigenvalue weighted by molar-refractivity contribution is -0.152. The van der Waals surface area contributed by atoms with Gasteiger partial charge in [-0.25, -0.2) is 9.59 Å². The summed E-state index contributed by atoms with van der Waals surface area (Å²) in [5.41, 5.74) is 4.51. The van der Waals surface area contributed by atoms with Crippen LogP contribution in [0.5, 0.6) is 0 Å². The van der Waals surface area contributed by atoms with Crippen LogP contribution in [-0.4, -0.2) is 66.4 Å². The molecule has 2 N–H and O–H groups in total. The molecular formula is C24H26N2O6. The highest BCUT2D eigenvalue weighted by Crippen LogP contribution is 2.44. The molecule has 8 nitrogen and oxygen atoms in total. The van der Waals surface area contributed by atoms with Crippen molar-refractivity contribution in [3.05, 3.63) is 59.7 Å². The van der Waals surface area contributed by atoms with E-state index in [0.29, 0.717) is 13.0 Å². The Balaban J connectivity index is 1.39. The fraction of sp³-hybridized carbons (Fsp3) is 0.375. The average molecular weight is 438 g/mol. The van der Waals surface area contributed by atoms with Gasteiger partial charge in [-0.1, -0.05) is 48.5 Å². The maximum Gasteiger partial charge on any atom is 0.407 e.